The van der Waals surface area contributed by atoms with E-state index < -0.39 is 28.5 Å². The minimum absolute atomic E-state index is 0.115. The molecule has 9 heteroatoms. The number of esters is 1. The minimum Gasteiger partial charge on any atom is -0.452 e. The number of amides is 1. The van der Waals surface area contributed by atoms with Gasteiger partial charge >= 0.3 is 5.97 Å². The lowest BCUT2D eigenvalue weighted by Gasteiger charge is -2.25. The van der Waals surface area contributed by atoms with Crippen LogP contribution in [0.1, 0.15) is 46.9 Å². The second kappa shape index (κ2) is 9.84. The third-order valence-electron chi connectivity index (χ3n) is 4.96. The summed E-state index contributed by atoms with van der Waals surface area (Å²) in [5.74, 6) is -1.55. The van der Waals surface area contributed by atoms with E-state index in [1.54, 1.807) is 24.3 Å². The van der Waals surface area contributed by atoms with Crippen molar-refractivity contribution in [3.63, 3.8) is 0 Å². The summed E-state index contributed by atoms with van der Waals surface area (Å²) in [7, 11) is -3.59. The number of ether oxygens (including phenoxy) is 1. The van der Waals surface area contributed by atoms with Crippen molar-refractivity contribution in [3.05, 3.63) is 59.7 Å². The summed E-state index contributed by atoms with van der Waals surface area (Å²) in [4.78, 5) is 36.1. The van der Waals surface area contributed by atoms with Crippen molar-refractivity contribution >= 4 is 33.4 Å². The van der Waals surface area contributed by atoms with Gasteiger partial charge in [0.25, 0.3) is 5.91 Å². The zero-order valence-corrected chi connectivity index (χ0v) is 18.0. The summed E-state index contributed by atoms with van der Waals surface area (Å²) in [6.07, 6.45) is 2.69. The fourth-order valence-corrected chi connectivity index (χ4v) is 4.83. The SMILES string of the molecule is CC(=O)c1ccccc1NC(=O)COC(=O)c1ccc(S(=O)(=O)N2CCCCC2)cc1. The summed E-state index contributed by atoms with van der Waals surface area (Å²) in [6, 6.07) is 12.0. The van der Waals surface area contributed by atoms with Crippen LogP contribution in [-0.2, 0) is 19.6 Å². The van der Waals surface area contributed by atoms with Gasteiger partial charge in [0.05, 0.1) is 16.1 Å². The van der Waals surface area contributed by atoms with E-state index in [0.717, 1.165) is 19.3 Å². The standard InChI is InChI=1S/C22H24N2O6S/c1-16(25)19-7-3-4-8-20(19)23-21(26)15-30-22(27)17-9-11-18(12-10-17)31(28,29)24-13-5-2-6-14-24/h3-4,7-12H,2,5-6,13-15H2,1H3,(H,23,26). The van der Waals surface area contributed by atoms with Crippen molar-refractivity contribution in [1.82, 2.24) is 4.31 Å². The van der Waals surface area contributed by atoms with E-state index in [9.17, 15) is 22.8 Å². The molecular weight excluding hydrogens is 420 g/mol. The summed E-state index contributed by atoms with van der Waals surface area (Å²) >= 11 is 0. The van der Waals surface area contributed by atoms with Crippen molar-refractivity contribution in [3.8, 4) is 0 Å². The predicted molar refractivity (Wildman–Crippen MR) is 114 cm³/mol. The molecule has 0 aliphatic carbocycles. The Hall–Kier alpha value is -3.04. The van der Waals surface area contributed by atoms with E-state index in [1.807, 2.05) is 0 Å². The molecule has 0 atom stereocenters. The molecule has 1 aliphatic heterocycles. The number of sulfonamides is 1. The van der Waals surface area contributed by atoms with Gasteiger partial charge in [-0.25, -0.2) is 13.2 Å². The quantitative estimate of drug-likeness (QED) is 0.519. The second-order valence-corrected chi connectivity index (χ2v) is 9.15. The second-order valence-electron chi connectivity index (χ2n) is 7.22. The Morgan fingerprint density at radius 3 is 2.26 bits per heavy atom. The fraction of sp³-hybridized carbons (Fsp3) is 0.318. The maximum absolute atomic E-state index is 12.7. The van der Waals surface area contributed by atoms with Gasteiger partial charge in [0.1, 0.15) is 0 Å². The maximum atomic E-state index is 12.7. The first kappa shape index (κ1) is 22.6. The molecule has 0 saturated carbocycles. The third-order valence-corrected chi connectivity index (χ3v) is 6.87. The van der Waals surface area contributed by atoms with Gasteiger partial charge in [-0.05, 0) is 56.2 Å². The number of ketones is 1. The number of nitrogens with one attached hydrogen (secondary N) is 1. The van der Waals surface area contributed by atoms with E-state index in [4.69, 9.17) is 4.74 Å². The lowest BCUT2D eigenvalue weighted by Crippen LogP contribution is -2.35. The molecule has 31 heavy (non-hydrogen) atoms. The highest BCUT2D eigenvalue weighted by molar-refractivity contribution is 7.89. The molecule has 0 aromatic heterocycles. The number of para-hydroxylation sites is 1. The molecule has 0 unspecified atom stereocenters. The predicted octanol–water partition coefficient (Wildman–Crippen LogP) is 2.86. The topological polar surface area (TPSA) is 110 Å². The Labute approximate surface area is 181 Å². The van der Waals surface area contributed by atoms with Gasteiger partial charge in [-0.1, -0.05) is 18.6 Å². The van der Waals surface area contributed by atoms with Gasteiger partial charge in [0.2, 0.25) is 10.0 Å². The highest BCUT2D eigenvalue weighted by atomic mass is 32.2. The summed E-state index contributed by atoms with van der Waals surface area (Å²) < 4.78 is 31.8. The molecule has 2 aromatic carbocycles. The summed E-state index contributed by atoms with van der Waals surface area (Å²) in [5, 5.41) is 2.54. The molecule has 8 nitrogen and oxygen atoms in total. The molecular formula is C22H24N2O6S. The number of rotatable bonds is 7. The van der Waals surface area contributed by atoms with E-state index in [1.165, 1.54) is 35.5 Å². The van der Waals surface area contributed by atoms with Gasteiger partial charge < -0.3 is 10.1 Å². The molecule has 2 aromatic rings. The number of carbonyl (C=O) groups is 3. The largest absolute Gasteiger partial charge is 0.452 e. The molecule has 0 radical (unpaired) electrons. The highest BCUT2D eigenvalue weighted by Crippen LogP contribution is 2.21. The normalized spacial score (nSPS) is 14.6. The Balaban J connectivity index is 1.58. The molecule has 1 aliphatic rings. The molecule has 1 saturated heterocycles. The van der Waals surface area contributed by atoms with Crippen molar-refractivity contribution < 1.29 is 27.5 Å². The molecule has 3 rings (SSSR count). The van der Waals surface area contributed by atoms with Crippen LogP contribution >= 0.6 is 0 Å². The lowest BCUT2D eigenvalue weighted by atomic mass is 10.1. The van der Waals surface area contributed by atoms with Crippen LogP contribution in [0.4, 0.5) is 5.69 Å². The van der Waals surface area contributed by atoms with Gasteiger partial charge in [-0.2, -0.15) is 4.31 Å². The molecule has 1 N–H and O–H groups in total. The van der Waals surface area contributed by atoms with Crippen LogP contribution in [0.5, 0.6) is 0 Å². The first-order valence-electron chi connectivity index (χ1n) is 9.96. The van der Waals surface area contributed by atoms with Crippen LogP contribution in [0.25, 0.3) is 0 Å². The Bertz CT molecular complexity index is 1070. The van der Waals surface area contributed by atoms with Crippen LogP contribution in [-0.4, -0.2) is 50.1 Å². The molecule has 0 spiro atoms. The number of hydrogen-bond donors (Lipinski definition) is 1. The van der Waals surface area contributed by atoms with Gasteiger partial charge in [-0.3, -0.25) is 9.59 Å². The highest BCUT2D eigenvalue weighted by Gasteiger charge is 2.26. The van der Waals surface area contributed by atoms with Gasteiger partial charge in [0.15, 0.2) is 12.4 Å². The average Bonchev–Trinajstić information content (AvgIpc) is 2.78. The van der Waals surface area contributed by atoms with Crippen LogP contribution in [0.15, 0.2) is 53.4 Å². The van der Waals surface area contributed by atoms with Crippen molar-refractivity contribution in [2.24, 2.45) is 0 Å². The maximum Gasteiger partial charge on any atom is 0.338 e. The smallest absolute Gasteiger partial charge is 0.338 e. The number of anilines is 1. The van der Waals surface area contributed by atoms with E-state index in [-0.39, 0.29) is 16.2 Å². The van der Waals surface area contributed by atoms with E-state index in [0.29, 0.717) is 24.3 Å². The molecule has 1 heterocycles. The third kappa shape index (κ3) is 5.56. The van der Waals surface area contributed by atoms with Gasteiger partial charge in [0, 0.05) is 18.7 Å². The Kier molecular flexibility index (Phi) is 7.19. The average molecular weight is 445 g/mol. The lowest BCUT2D eigenvalue weighted by molar-refractivity contribution is -0.119. The molecule has 1 fully saturated rings. The fourth-order valence-electron chi connectivity index (χ4n) is 3.32. The molecule has 1 amide bonds. The number of nitrogens with zero attached hydrogens (tertiary/aromatic N) is 1. The number of hydrogen-bond acceptors (Lipinski definition) is 6. The number of carbonyl (C=O) groups excluding carboxylic acids is 3. The monoisotopic (exact) mass is 444 g/mol. The van der Waals surface area contributed by atoms with E-state index in [2.05, 4.69) is 5.32 Å². The number of Topliss-reactive ketones (excluding diaryl/α,β-unsaturated/α-hetero) is 1. The minimum atomic E-state index is -3.59. The van der Waals surface area contributed by atoms with Crippen LogP contribution < -0.4 is 5.32 Å². The summed E-state index contributed by atoms with van der Waals surface area (Å²) in [5.41, 5.74) is 0.825. The van der Waals surface area contributed by atoms with Crippen molar-refractivity contribution in [2.75, 3.05) is 25.0 Å². The van der Waals surface area contributed by atoms with Crippen LogP contribution in [0.3, 0.4) is 0 Å². The zero-order valence-electron chi connectivity index (χ0n) is 17.2. The Morgan fingerprint density at radius 2 is 1.61 bits per heavy atom. The van der Waals surface area contributed by atoms with Crippen LogP contribution in [0, 0.1) is 0 Å². The van der Waals surface area contributed by atoms with Crippen molar-refractivity contribution in [1.29, 1.82) is 0 Å². The summed E-state index contributed by atoms with van der Waals surface area (Å²) in [6.45, 7) is 1.83. The first-order valence-corrected chi connectivity index (χ1v) is 11.4. The van der Waals surface area contributed by atoms with Crippen LogP contribution in [0.2, 0.25) is 0 Å². The molecule has 164 valence electrons. The number of piperidine rings is 1. The van der Waals surface area contributed by atoms with Gasteiger partial charge in [-0.15, -0.1) is 0 Å². The number of benzene rings is 2. The Morgan fingerprint density at radius 1 is 0.968 bits per heavy atom. The zero-order chi connectivity index (χ0) is 22.4. The molecule has 0 bridgehead atoms. The van der Waals surface area contributed by atoms with E-state index >= 15 is 0 Å². The van der Waals surface area contributed by atoms with Crippen molar-refractivity contribution in [2.45, 2.75) is 31.1 Å². The first-order chi connectivity index (χ1) is 14.8.